The van der Waals surface area contributed by atoms with Crippen molar-refractivity contribution >= 4 is 17.9 Å². The lowest BCUT2D eigenvalue weighted by molar-refractivity contribution is -0.156. The van der Waals surface area contributed by atoms with E-state index >= 15 is 0 Å². The predicted molar refractivity (Wildman–Crippen MR) is 70.2 cm³/mol. The third kappa shape index (κ3) is 6.24. The number of ether oxygens (including phenoxy) is 2. The van der Waals surface area contributed by atoms with Gasteiger partial charge in [0.15, 0.2) is 12.7 Å². The van der Waals surface area contributed by atoms with Crippen LogP contribution in [0.2, 0.25) is 0 Å². The number of carbonyl (C=O) groups excluding carboxylic acids is 3. The van der Waals surface area contributed by atoms with Crippen LogP contribution in [0.15, 0.2) is 24.3 Å². The number of urea groups is 1. The molecular formula is C13H13F3N2O5. The predicted octanol–water partition coefficient (Wildman–Crippen LogP) is 1.21. The number of hydrogen-bond donors (Lipinski definition) is 2. The summed E-state index contributed by atoms with van der Waals surface area (Å²) < 4.78 is 47.0. The van der Waals surface area contributed by atoms with Crippen molar-refractivity contribution in [3.8, 4) is 5.75 Å². The van der Waals surface area contributed by atoms with Crippen LogP contribution in [-0.4, -0.2) is 30.6 Å². The lowest BCUT2D eigenvalue weighted by Gasteiger charge is -2.13. The van der Waals surface area contributed by atoms with E-state index in [1.54, 1.807) is 5.32 Å². The highest BCUT2D eigenvalue weighted by atomic mass is 19.4. The first-order chi connectivity index (χ1) is 10.6. The first kappa shape index (κ1) is 18.3. The third-order valence-corrected chi connectivity index (χ3v) is 2.44. The number of nitrogens with one attached hydrogen (secondary N) is 1. The van der Waals surface area contributed by atoms with Crippen molar-refractivity contribution in [3.05, 3.63) is 29.8 Å². The van der Waals surface area contributed by atoms with Crippen LogP contribution in [-0.2, 0) is 20.5 Å². The zero-order valence-electron chi connectivity index (χ0n) is 11.8. The van der Waals surface area contributed by atoms with Crippen LogP contribution in [0.3, 0.4) is 0 Å². The average molecular weight is 334 g/mol. The van der Waals surface area contributed by atoms with Crippen LogP contribution >= 0.6 is 0 Å². The summed E-state index contributed by atoms with van der Waals surface area (Å²) in [5, 5.41) is 1.70. The summed E-state index contributed by atoms with van der Waals surface area (Å²) in [7, 11) is 0. The maximum absolute atomic E-state index is 12.5. The minimum absolute atomic E-state index is 0.189. The highest BCUT2D eigenvalue weighted by Crippen LogP contribution is 2.31. The summed E-state index contributed by atoms with van der Waals surface area (Å²) in [5.74, 6) is -2.13. The van der Waals surface area contributed by atoms with Crippen LogP contribution in [0.5, 0.6) is 5.75 Å². The monoisotopic (exact) mass is 334 g/mol. The van der Waals surface area contributed by atoms with Crippen molar-refractivity contribution in [2.45, 2.75) is 19.2 Å². The van der Waals surface area contributed by atoms with Crippen molar-refractivity contribution in [1.29, 1.82) is 0 Å². The number of amides is 3. The Morgan fingerprint density at radius 2 is 1.96 bits per heavy atom. The molecule has 0 aliphatic carbocycles. The van der Waals surface area contributed by atoms with E-state index in [9.17, 15) is 27.6 Å². The molecule has 126 valence electrons. The molecule has 3 N–H and O–H groups in total. The molecule has 1 aromatic rings. The Morgan fingerprint density at radius 3 is 2.52 bits per heavy atom. The third-order valence-electron chi connectivity index (χ3n) is 2.44. The second-order valence-corrected chi connectivity index (χ2v) is 4.30. The smallest absolute Gasteiger partial charge is 0.416 e. The Balaban J connectivity index is 2.54. The average Bonchev–Trinajstić information content (AvgIpc) is 2.43. The summed E-state index contributed by atoms with van der Waals surface area (Å²) in [6.07, 6.45) is -5.86. The van der Waals surface area contributed by atoms with Crippen molar-refractivity contribution in [2.24, 2.45) is 5.73 Å². The number of nitrogens with two attached hydrogens (primary N) is 1. The van der Waals surface area contributed by atoms with Crippen LogP contribution in [0.4, 0.5) is 18.0 Å². The summed E-state index contributed by atoms with van der Waals surface area (Å²) in [6, 6.07) is 2.80. The van der Waals surface area contributed by atoms with Crippen molar-refractivity contribution < 1.29 is 37.0 Å². The van der Waals surface area contributed by atoms with Gasteiger partial charge in [0.25, 0.3) is 5.91 Å². The molecule has 3 amide bonds. The van der Waals surface area contributed by atoms with Gasteiger partial charge in [-0.05, 0) is 25.1 Å². The van der Waals surface area contributed by atoms with Gasteiger partial charge in [0.2, 0.25) is 0 Å². The number of alkyl halides is 3. The molecule has 1 aromatic carbocycles. The maximum atomic E-state index is 12.5. The van der Waals surface area contributed by atoms with Gasteiger partial charge >= 0.3 is 18.2 Å². The van der Waals surface area contributed by atoms with E-state index < -0.39 is 42.4 Å². The van der Waals surface area contributed by atoms with E-state index in [2.05, 4.69) is 4.74 Å². The SMILES string of the molecule is C[C@@H](OC(=O)COc1cccc(C(F)(F)F)c1)C(=O)NC(N)=O. The van der Waals surface area contributed by atoms with E-state index in [-0.39, 0.29) is 5.75 Å². The lowest BCUT2D eigenvalue weighted by Crippen LogP contribution is -2.42. The van der Waals surface area contributed by atoms with Crippen molar-refractivity contribution in [1.82, 2.24) is 5.32 Å². The van der Waals surface area contributed by atoms with Crippen LogP contribution in [0.1, 0.15) is 12.5 Å². The Hall–Kier alpha value is -2.78. The van der Waals surface area contributed by atoms with Crippen LogP contribution < -0.4 is 15.8 Å². The highest BCUT2D eigenvalue weighted by Gasteiger charge is 2.30. The minimum atomic E-state index is -4.54. The Bertz CT molecular complexity index is 604. The quantitative estimate of drug-likeness (QED) is 0.787. The van der Waals surface area contributed by atoms with E-state index in [0.29, 0.717) is 0 Å². The molecule has 0 aromatic heterocycles. The summed E-state index contributed by atoms with van der Waals surface area (Å²) in [4.78, 5) is 33.2. The molecule has 23 heavy (non-hydrogen) atoms. The largest absolute Gasteiger partial charge is 0.482 e. The molecule has 0 bridgehead atoms. The number of rotatable bonds is 5. The number of imide groups is 1. The fourth-order valence-electron chi connectivity index (χ4n) is 1.41. The molecule has 0 fully saturated rings. The first-order valence-corrected chi connectivity index (χ1v) is 6.19. The molecule has 0 aliphatic rings. The van der Waals surface area contributed by atoms with Gasteiger partial charge in [0.1, 0.15) is 5.75 Å². The first-order valence-electron chi connectivity index (χ1n) is 6.19. The Morgan fingerprint density at radius 1 is 1.30 bits per heavy atom. The summed E-state index contributed by atoms with van der Waals surface area (Å²) >= 11 is 0. The fourth-order valence-corrected chi connectivity index (χ4v) is 1.41. The molecule has 1 atom stereocenters. The van der Waals surface area contributed by atoms with Crippen molar-refractivity contribution in [3.63, 3.8) is 0 Å². The summed E-state index contributed by atoms with van der Waals surface area (Å²) in [5.41, 5.74) is 3.79. The topological polar surface area (TPSA) is 108 Å². The highest BCUT2D eigenvalue weighted by molar-refractivity contribution is 5.96. The van der Waals surface area contributed by atoms with Gasteiger partial charge in [-0.2, -0.15) is 13.2 Å². The molecule has 10 heteroatoms. The molecule has 0 saturated heterocycles. The summed E-state index contributed by atoms with van der Waals surface area (Å²) in [6.45, 7) is 0.468. The zero-order chi connectivity index (χ0) is 17.6. The number of carbonyl (C=O) groups is 3. The van der Waals surface area contributed by atoms with E-state index in [1.165, 1.54) is 13.0 Å². The molecule has 0 spiro atoms. The fraction of sp³-hybridized carbons (Fsp3) is 0.308. The number of hydrogen-bond acceptors (Lipinski definition) is 5. The Kier molecular flexibility index (Phi) is 5.94. The number of esters is 1. The van der Waals surface area contributed by atoms with Gasteiger partial charge in [-0.3, -0.25) is 10.1 Å². The Labute approximate surface area is 128 Å². The van der Waals surface area contributed by atoms with E-state index in [0.717, 1.165) is 18.2 Å². The number of primary amides is 1. The molecule has 0 unspecified atom stereocenters. The normalized spacial score (nSPS) is 12.2. The number of halogens is 3. The molecule has 7 nitrogen and oxygen atoms in total. The van der Waals surface area contributed by atoms with Crippen LogP contribution in [0.25, 0.3) is 0 Å². The maximum Gasteiger partial charge on any atom is 0.416 e. The van der Waals surface area contributed by atoms with Crippen LogP contribution in [0, 0.1) is 0 Å². The standard InChI is InChI=1S/C13H13F3N2O5/c1-7(11(20)18-12(17)21)23-10(19)6-22-9-4-2-3-8(5-9)13(14,15)16/h2-5,7H,6H2,1H3,(H3,17,18,20,21)/t7-/m1/s1. The molecule has 0 saturated carbocycles. The minimum Gasteiger partial charge on any atom is -0.482 e. The molecule has 1 rings (SSSR count). The van der Waals surface area contributed by atoms with Gasteiger partial charge in [0.05, 0.1) is 5.56 Å². The van der Waals surface area contributed by atoms with Gasteiger partial charge in [-0.15, -0.1) is 0 Å². The van der Waals surface area contributed by atoms with Gasteiger partial charge < -0.3 is 15.2 Å². The zero-order valence-corrected chi connectivity index (χ0v) is 11.8. The number of benzene rings is 1. The molecule has 0 heterocycles. The van der Waals surface area contributed by atoms with Gasteiger partial charge in [0, 0.05) is 0 Å². The van der Waals surface area contributed by atoms with Gasteiger partial charge in [-0.25, -0.2) is 9.59 Å². The lowest BCUT2D eigenvalue weighted by atomic mass is 10.2. The molecule has 0 radical (unpaired) electrons. The van der Waals surface area contributed by atoms with Gasteiger partial charge in [-0.1, -0.05) is 6.07 Å². The second-order valence-electron chi connectivity index (χ2n) is 4.30. The second kappa shape index (κ2) is 7.47. The van der Waals surface area contributed by atoms with E-state index in [4.69, 9.17) is 10.5 Å². The van der Waals surface area contributed by atoms with Crippen molar-refractivity contribution in [2.75, 3.05) is 6.61 Å². The molecule has 0 aliphatic heterocycles. The van der Waals surface area contributed by atoms with E-state index in [1.807, 2.05) is 0 Å². The molecular weight excluding hydrogens is 321 g/mol.